The van der Waals surface area contributed by atoms with Gasteiger partial charge in [-0.05, 0) is 30.0 Å². The van der Waals surface area contributed by atoms with Gasteiger partial charge in [0, 0.05) is 22.0 Å². The van der Waals surface area contributed by atoms with Crippen molar-refractivity contribution in [1.82, 2.24) is 9.55 Å². The third-order valence-corrected chi connectivity index (χ3v) is 5.13. The van der Waals surface area contributed by atoms with Gasteiger partial charge in [0.25, 0.3) is 5.56 Å². The smallest absolute Gasteiger partial charge is 0.271 e. The maximum absolute atomic E-state index is 12.6. The number of halogens is 1. The fourth-order valence-electron chi connectivity index (χ4n) is 2.33. The minimum atomic E-state index is 0.0685. The number of benzene rings is 1. The van der Waals surface area contributed by atoms with E-state index >= 15 is 0 Å². The number of rotatable bonds is 4. The highest BCUT2D eigenvalue weighted by molar-refractivity contribution is 9.10. The minimum absolute atomic E-state index is 0.0685. The van der Waals surface area contributed by atoms with E-state index in [0.29, 0.717) is 5.92 Å². The lowest BCUT2D eigenvalue weighted by Gasteiger charge is -2.07. The molecular formula is C17H17BrN2OS. The predicted octanol–water partition coefficient (Wildman–Crippen LogP) is 4.93. The van der Waals surface area contributed by atoms with Gasteiger partial charge in [0.15, 0.2) is 0 Å². The molecule has 3 rings (SSSR count). The zero-order valence-corrected chi connectivity index (χ0v) is 14.9. The quantitative estimate of drug-likeness (QED) is 0.646. The van der Waals surface area contributed by atoms with Crippen molar-refractivity contribution in [2.45, 2.75) is 26.8 Å². The highest BCUT2D eigenvalue weighted by atomic mass is 79.9. The van der Waals surface area contributed by atoms with Crippen LogP contribution in [0, 0.1) is 5.92 Å². The number of hydrogen-bond acceptors (Lipinski definition) is 3. The SMILES string of the molecule is CC(C)CCn1cnc2c(-c3ccc(Br)cc3)csc2c1=O. The fourth-order valence-corrected chi connectivity index (χ4v) is 3.57. The summed E-state index contributed by atoms with van der Waals surface area (Å²) < 4.78 is 3.51. The van der Waals surface area contributed by atoms with Gasteiger partial charge < -0.3 is 0 Å². The van der Waals surface area contributed by atoms with E-state index in [9.17, 15) is 4.79 Å². The first-order valence-corrected chi connectivity index (χ1v) is 8.96. The summed E-state index contributed by atoms with van der Waals surface area (Å²) in [5, 5.41) is 2.02. The monoisotopic (exact) mass is 376 g/mol. The molecule has 5 heteroatoms. The van der Waals surface area contributed by atoms with Crippen LogP contribution in [0.4, 0.5) is 0 Å². The number of aromatic nitrogens is 2. The van der Waals surface area contributed by atoms with Crippen molar-refractivity contribution in [2.24, 2.45) is 5.92 Å². The van der Waals surface area contributed by atoms with Crippen molar-refractivity contribution >= 4 is 37.5 Å². The van der Waals surface area contributed by atoms with E-state index in [0.717, 1.165) is 38.8 Å². The molecule has 0 aliphatic rings. The zero-order valence-electron chi connectivity index (χ0n) is 12.5. The number of fused-ring (bicyclic) bond motifs is 1. The molecule has 0 spiro atoms. The van der Waals surface area contributed by atoms with Gasteiger partial charge >= 0.3 is 0 Å². The van der Waals surface area contributed by atoms with Crippen LogP contribution >= 0.6 is 27.3 Å². The Kier molecular flexibility index (Phi) is 4.45. The van der Waals surface area contributed by atoms with Gasteiger partial charge in [0.05, 0.1) is 11.8 Å². The molecule has 0 fully saturated rings. The molecular weight excluding hydrogens is 360 g/mol. The van der Waals surface area contributed by atoms with E-state index in [-0.39, 0.29) is 5.56 Å². The summed E-state index contributed by atoms with van der Waals surface area (Å²) in [7, 11) is 0. The van der Waals surface area contributed by atoms with Crippen molar-refractivity contribution in [1.29, 1.82) is 0 Å². The zero-order chi connectivity index (χ0) is 15.7. The van der Waals surface area contributed by atoms with Crippen LogP contribution in [0.15, 0.2) is 45.2 Å². The summed E-state index contributed by atoms with van der Waals surface area (Å²) >= 11 is 4.92. The summed E-state index contributed by atoms with van der Waals surface area (Å²) in [6.07, 6.45) is 2.67. The second-order valence-corrected chi connectivity index (χ2v) is 7.55. The molecule has 0 aliphatic carbocycles. The summed E-state index contributed by atoms with van der Waals surface area (Å²) in [5.74, 6) is 0.573. The number of hydrogen-bond donors (Lipinski definition) is 0. The van der Waals surface area contributed by atoms with Crippen molar-refractivity contribution in [3.63, 3.8) is 0 Å². The number of nitrogens with zero attached hydrogens (tertiary/aromatic N) is 2. The summed E-state index contributed by atoms with van der Waals surface area (Å²) in [4.78, 5) is 17.1. The summed E-state index contributed by atoms with van der Waals surface area (Å²) in [6.45, 7) is 5.05. The highest BCUT2D eigenvalue weighted by Crippen LogP contribution is 2.31. The molecule has 3 nitrogen and oxygen atoms in total. The van der Waals surface area contributed by atoms with Gasteiger partial charge in [-0.25, -0.2) is 4.98 Å². The van der Waals surface area contributed by atoms with Crippen LogP contribution in [0.25, 0.3) is 21.3 Å². The molecule has 2 heterocycles. The first-order chi connectivity index (χ1) is 10.6. The minimum Gasteiger partial charge on any atom is -0.298 e. The Labute approximate surface area is 141 Å². The Hall–Kier alpha value is -1.46. The molecule has 3 aromatic rings. The standard InChI is InChI=1S/C17H17BrN2OS/c1-11(2)7-8-20-10-19-15-14(9-22-16(15)17(20)21)12-3-5-13(18)6-4-12/h3-6,9-11H,7-8H2,1-2H3. The maximum Gasteiger partial charge on any atom is 0.271 e. The van der Waals surface area contributed by atoms with Crippen LogP contribution in [0.1, 0.15) is 20.3 Å². The highest BCUT2D eigenvalue weighted by Gasteiger charge is 2.12. The van der Waals surface area contributed by atoms with Gasteiger partial charge in [0.2, 0.25) is 0 Å². The summed E-state index contributed by atoms with van der Waals surface area (Å²) in [6, 6.07) is 8.08. The van der Waals surface area contributed by atoms with E-state index in [1.54, 1.807) is 10.9 Å². The van der Waals surface area contributed by atoms with E-state index in [1.165, 1.54) is 11.3 Å². The fraction of sp³-hybridized carbons (Fsp3) is 0.294. The average molecular weight is 377 g/mol. The van der Waals surface area contributed by atoms with Gasteiger partial charge in [-0.2, -0.15) is 0 Å². The largest absolute Gasteiger partial charge is 0.298 e. The van der Waals surface area contributed by atoms with Crippen LogP contribution in [0.3, 0.4) is 0 Å². The molecule has 1 aromatic carbocycles. The van der Waals surface area contributed by atoms with Crippen LogP contribution in [-0.2, 0) is 6.54 Å². The van der Waals surface area contributed by atoms with Crippen LogP contribution in [0.2, 0.25) is 0 Å². The van der Waals surface area contributed by atoms with E-state index in [1.807, 2.05) is 29.6 Å². The molecule has 0 saturated heterocycles. The van der Waals surface area contributed by atoms with Crippen molar-refractivity contribution in [2.75, 3.05) is 0 Å². The Morgan fingerprint density at radius 2 is 2.00 bits per heavy atom. The normalized spacial score (nSPS) is 11.5. The van der Waals surface area contributed by atoms with Gasteiger partial charge in [-0.3, -0.25) is 9.36 Å². The lowest BCUT2D eigenvalue weighted by Crippen LogP contribution is -2.20. The summed E-state index contributed by atoms with van der Waals surface area (Å²) in [5.41, 5.74) is 2.99. The van der Waals surface area contributed by atoms with Crippen molar-refractivity contribution < 1.29 is 0 Å². The second-order valence-electron chi connectivity index (χ2n) is 5.76. The lowest BCUT2D eigenvalue weighted by atomic mass is 10.1. The molecule has 0 N–H and O–H groups in total. The van der Waals surface area contributed by atoms with Gasteiger partial charge in [0.1, 0.15) is 4.70 Å². The van der Waals surface area contributed by atoms with E-state index in [2.05, 4.69) is 34.8 Å². The van der Waals surface area contributed by atoms with E-state index < -0.39 is 0 Å². The predicted molar refractivity (Wildman–Crippen MR) is 96.5 cm³/mol. The molecule has 114 valence electrons. The second kappa shape index (κ2) is 6.34. The van der Waals surface area contributed by atoms with Crippen LogP contribution < -0.4 is 5.56 Å². The van der Waals surface area contributed by atoms with Gasteiger partial charge in [-0.15, -0.1) is 11.3 Å². The lowest BCUT2D eigenvalue weighted by molar-refractivity contribution is 0.506. The Bertz CT molecular complexity index is 849. The number of thiophene rings is 1. The third-order valence-electron chi connectivity index (χ3n) is 3.65. The van der Waals surface area contributed by atoms with Crippen LogP contribution in [-0.4, -0.2) is 9.55 Å². The molecule has 0 radical (unpaired) electrons. The molecule has 0 atom stereocenters. The Morgan fingerprint density at radius 1 is 1.27 bits per heavy atom. The molecule has 0 saturated carbocycles. The molecule has 22 heavy (non-hydrogen) atoms. The van der Waals surface area contributed by atoms with Crippen LogP contribution in [0.5, 0.6) is 0 Å². The average Bonchev–Trinajstić information content (AvgIpc) is 2.92. The first-order valence-electron chi connectivity index (χ1n) is 7.29. The molecule has 0 amide bonds. The van der Waals surface area contributed by atoms with Crippen molar-refractivity contribution in [3.8, 4) is 11.1 Å². The van der Waals surface area contributed by atoms with E-state index in [4.69, 9.17) is 0 Å². The number of aryl methyl sites for hydroxylation is 1. The molecule has 0 bridgehead atoms. The molecule has 0 unspecified atom stereocenters. The Morgan fingerprint density at radius 3 is 2.68 bits per heavy atom. The molecule has 0 aliphatic heterocycles. The van der Waals surface area contributed by atoms with Crippen molar-refractivity contribution in [3.05, 3.63) is 50.8 Å². The maximum atomic E-state index is 12.6. The Balaban J connectivity index is 2.04. The van der Waals surface area contributed by atoms with Gasteiger partial charge in [-0.1, -0.05) is 41.9 Å². The third kappa shape index (κ3) is 3.01. The molecule has 2 aromatic heterocycles. The topological polar surface area (TPSA) is 34.9 Å². The first kappa shape index (κ1) is 15.4.